The topological polar surface area (TPSA) is 40.6 Å². The molecule has 2 aliphatic rings. The fourth-order valence-electron chi connectivity index (χ4n) is 7.37. The Labute approximate surface area is 322 Å². The second-order valence-electron chi connectivity index (χ2n) is 17.1. The van der Waals surface area contributed by atoms with Gasteiger partial charge in [0.25, 0.3) is 11.8 Å². The lowest BCUT2D eigenvalue weighted by atomic mass is 9.88. The molecule has 0 spiro atoms. The van der Waals surface area contributed by atoms with Crippen molar-refractivity contribution in [1.82, 2.24) is 9.80 Å². The Kier molecular flexibility index (Phi) is 11.3. The van der Waals surface area contributed by atoms with Crippen LogP contribution in [0.3, 0.4) is 0 Å². The largest absolute Gasteiger partial charge is 0.310 e. The number of amides is 2. The van der Waals surface area contributed by atoms with Crippen molar-refractivity contribution < 1.29 is 9.59 Å². The lowest BCUT2D eigenvalue weighted by Gasteiger charge is -2.33. The zero-order valence-electron chi connectivity index (χ0n) is 32.3. The van der Waals surface area contributed by atoms with Gasteiger partial charge in [-0.2, -0.15) is 0 Å². The summed E-state index contributed by atoms with van der Waals surface area (Å²) in [4.78, 5) is 40.5. The number of rotatable bonds is 14. The maximum atomic E-state index is 14.6. The van der Waals surface area contributed by atoms with Crippen LogP contribution in [0.1, 0.15) is 124 Å². The summed E-state index contributed by atoms with van der Waals surface area (Å²) < 4.78 is 2.61. The second kappa shape index (κ2) is 15.1. The number of hydrogen-bond donors (Lipinski definition) is 0. The van der Waals surface area contributed by atoms with Crippen LogP contribution in [-0.2, 0) is 15.0 Å². The number of unbranched alkanes of at least 4 members (excludes halogenated alkanes) is 5. The van der Waals surface area contributed by atoms with Crippen molar-refractivity contribution in [3.63, 3.8) is 0 Å². The van der Waals surface area contributed by atoms with E-state index >= 15 is 0 Å². The minimum absolute atomic E-state index is 0.00152. The Morgan fingerprint density at radius 2 is 1.18 bits per heavy atom. The Balaban J connectivity index is 1.31. The Morgan fingerprint density at radius 3 is 1.76 bits per heavy atom. The molecule has 4 aromatic rings. The van der Waals surface area contributed by atoms with Crippen LogP contribution in [0, 0.1) is 17.3 Å². The number of thiophene rings is 4. The predicted octanol–water partition coefficient (Wildman–Crippen LogP) is 13.5. The summed E-state index contributed by atoms with van der Waals surface area (Å²) in [6.45, 7) is 23.3. The Hall–Kier alpha value is -2.52. The van der Waals surface area contributed by atoms with Gasteiger partial charge >= 0.3 is 0 Å². The number of fused-ring (bicyclic) bond motifs is 2. The highest BCUT2D eigenvalue weighted by Gasteiger charge is 2.51. The molecule has 4 aromatic heterocycles. The summed E-state index contributed by atoms with van der Waals surface area (Å²) in [6, 6.07) is 13.5. The van der Waals surface area contributed by atoms with E-state index in [0.29, 0.717) is 30.2 Å². The molecule has 1 atom stereocenters. The highest BCUT2D eigenvalue weighted by molar-refractivity contribution is 7.33. The van der Waals surface area contributed by atoms with E-state index in [1.54, 1.807) is 11.3 Å². The first-order valence-corrected chi connectivity index (χ1v) is 22.2. The highest BCUT2D eigenvalue weighted by Crippen LogP contribution is 2.51. The third-order valence-corrected chi connectivity index (χ3v) is 15.1. The standard InChI is InChI=1S/C43H56N2O2S4/c1-11-12-13-14-15-16-17-27(4)25-45-39(43(8,9)10)37-36(40(45)46)38(44(41(37)47)24-26(2)3)30-19-18-28(48-30)31-22-33-34(49-31)23-32(50-33)29-20-21-35(51-29)42(5,6)7/h18-23,26-27H,11-17,24-25H2,1-10H3. The first kappa shape index (κ1) is 38.2. The summed E-state index contributed by atoms with van der Waals surface area (Å²) in [5.41, 5.74) is 2.78. The molecule has 2 amide bonds. The molecule has 0 N–H and O–H groups in total. The second-order valence-corrected chi connectivity index (χ2v) is 21.4. The van der Waals surface area contributed by atoms with E-state index < -0.39 is 0 Å². The minimum Gasteiger partial charge on any atom is -0.310 e. The molecule has 0 fully saturated rings. The van der Waals surface area contributed by atoms with Crippen molar-refractivity contribution >= 4 is 72.3 Å². The van der Waals surface area contributed by atoms with Crippen LogP contribution < -0.4 is 0 Å². The first-order chi connectivity index (χ1) is 24.1. The van der Waals surface area contributed by atoms with E-state index in [4.69, 9.17) is 0 Å². The maximum Gasteiger partial charge on any atom is 0.261 e. The maximum absolute atomic E-state index is 14.6. The normalized spacial score (nSPS) is 16.3. The molecule has 0 radical (unpaired) electrons. The lowest BCUT2D eigenvalue weighted by Crippen LogP contribution is -2.37. The molecule has 1 unspecified atom stereocenters. The van der Waals surface area contributed by atoms with Gasteiger partial charge in [0.1, 0.15) is 0 Å². The third kappa shape index (κ3) is 7.90. The number of carbonyl (C=O) groups is 2. The van der Waals surface area contributed by atoms with Gasteiger partial charge in [-0.1, -0.05) is 108 Å². The van der Waals surface area contributed by atoms with Crippen LogP contribution in [-0.4, -0.2) is 34.7 Å². The van der Waals surface area contributed by atoms with Crippen molar-refractivity contribution in [2.45, 2.75) is 120 Å². The fourth-order valence-corrected chi connectivity index (χ4v) is 12.1. The summed E-state index contributed by atoms with van der Waals surface area (Å²) in [6.07, 6.45) is 8.71. The molecule has 274 valence electrons. The number of hydrogen-bond acceptors (Lipinski definition) is 6. The lowest BCUT2D eigenvalue weighted by molar-refractivity contribution is -0.125. The molecular weight excluding hydrogens is 705 g/mol. The van der Waals surface area contributed by atoms with Crippen molar-refractivity contribution in [2.24, 2.45) is 17.3 Å². The van der Waals surface area contributed by atoms with Gasteiger partial charge in [-0.25, -0.2) is 0 Å². The van der Waals surface area contributed by atoms with Gasteiger partial charge in [0.2, 0.25) is 0 Å². The molecule has 0 aromatic carbocycles. The first-order valence-electron chi connectivity index (χ1n) is 19.0. The van der Waals surface area contributed by atoms with Crippen molar-refractivity contribution in [3.8, 4) is 19.5 Å². The Bertz CT molecular complexity index is 1930. The number of allylic oxidation sites excluding steroid dienone is 1. The van der Waals surface area contributed by atoms with Gasteiger partial charge in [-0.05, 0) is 60.1 Å². The van der Waals surface area contributed by atoms with Crippen LogP contribution in [0.25, 0.3) is 34.6 Å². The molecule has 8 heteroatoms. The van der Waals surface area contributed by atoms with Gasteiger partial charge < -0.3 is 9.80 Å². The molecular formula is C43H56N2O2S4. The van der Waals surface area contributed by atoms with E-state index in [1.807, 2.05) is 43.8 Å². The van der Waals surface area contributed by atoms with Crippen molar-refractivity contribution in [2.75, 3.05) is 13.1 Å². The molecule has 51 heavy (non-hydrogen) atoms. The van der Waals surface area contributed by atoms with Gasteiger partial charge in [-0.15, -0.1) is 45.3 Å². The molecule has 0 saturated carbocycles. The summed E-state index contributed by atoms with van der Waals surface area (Å²) >= 11 is 7.30. The minimum atomic E-state index is -0.346. The monoisotopic (exact) mass is 760 g/mol. The predicted molar refractivity (Wildman–Crippen MR) is 224 cm³/mol. The summed E-state index contributed by atoms with van der Waals surface area (Å²) in [5.74, 6) is 0.623. The van der Waals surface area contributed by atoms with Gasteiger partial charge in [0, 0.05) is 58.0 Å². The quantitative estimate of drug-likeness (QED) is 0.120. The average molecular weight is 761 g/mol. The van der Waals surface area contributed by atoms with Gasteiger partial charge in [0.15, 0.2) is 0 Å². The smallest absolute Gasteiger partial charge is 0.261 e. The van der Waals surface area contributed by atoms with E-state index in [2.05, 4.69) is 106 Å². The van der Waals surface area contributed by atoms with E-state index in [-0.39, 0.29) is 28.6 Å². The van der Waals surface area contributed by atoms with Gasteiger partial charge in [0.05, 0.1) is 21.7 Å². The van der Waals surface area contributed by atoms with Crippen LogP contribution in [0.5, 0.6) is 0 Å². The SMILES string of the molecule is CCCCCCCCC(C)CN1C(=O)C2=C(c3ccc(-c4cc5sc(-c6ccc(C(C)(C)C)s6)cc5s4)s3)N(CC(C)C)C(=O)C2=C1C(C)(C)C. The van der Waals surface area contributed by atoms with Crippen LogP contribution in [0.15, 0.2) is 53.2 Å². The van der Waals surface area contributed by atoms with Crippen LogP contribution in [0.4, 0.5) is 0 Å². The van der Waals surface area contributed by atoms with Crippen molar-refractivity contribution in [1.29, 1.82) is 0 Å². The molecule has 6 rings (SSSR count). The van der Waals surface area contributed by atoms with Crippen LogP contribution >= 0.6 is 45.3 Å². The van der Waals surface area contributed by atoms with Crippen LogP contribution in [0.2, 0.25) is 0 Å². The number of nitrogens with zero attached hydrogens (tertiary/aromatic N) is 2. The zero-order valence-corrected chi connectivity index (χ0v) is 35.6. The van der Waals surface area contributed by atoms with Crippen molar-refractivity contribution in [3.05, 3.63) is 63.0 Å². The number of carbonyl (C=O) groups excluding carboxylic acids is 2. The fraction of sp³-hybridized carbons (Fsp3) is 0.535. The molecule has 0 saturated heterocycles. The average Bonchev–Trinajstić information content (AvgIpc) is 3.87. The molecule has 0 aliphatic carbocycles. The molecule has 2 aliphatic heterocycles. The zero-order chi connectivity index (χ0) is 36.8. The van der Waals surface area contributed by atoms with Gasteiger partial charge in [-0.3, -0.25) is 9.59 Å². The molecule has 0 bridgehead atoms. The van der Waals surface area contributed by atoms with E-state index in [1.165, 1.54) is 72.3 Å². The summed E-state index contributed by atoms with van der Waals surface area (Å²) in [5, 5.41) is 0. The molecule has 6 heterocycles. The summed E-state index contributed by atoms with van der Waals surface area (Å²) in [7, 11) is 0. The molecule has 4 nitrogen and oxygen atoms in total. The highest BCUT2D eigenvalue weighted by atomic mass is 32.1. The third-order valence-electron chi connectivity index (χ3n) is 9.86. The Morgan fingerprint density at radius 1 is 0.608 bits per heavy atom. The van der Waals surface area contributed by atoms with E-state index in [9.17, 15) is 9.59 Å². The van der Waals surface area contributed by atoms with E-state index in [0.717, 1.165) is 22.7 Å².